The van der Waals surface area contributed by atoms with Gasteiger partial charge >= 0.3 is 5.97 Å². The molecule has 110 valence electrons. The predicted octanol–water partition coefficient (Wildman–Crippen LogP) is 5.21. The van der Waals surface area contributed by atoms with Crippen LogP contribution in [0.5, 0.6) is 5.75 Å². The molecule has 0 saturated carbocycles. The van der Waals surface area contributed by atoms with Gasteiger partial charge in [0.15, 0.2) is 5.75 Å². The zero-order valence-corrected chi connectivity index (χ0v) is 14.2. The van der Waals surface area contributed by atoms with Gasteiger partial charge in [0.1, 0.15) is 5.01 Å². The van der Waals surface area contributed by atoms with Gasteiger partial charge in [-0.3, -0.25) is 0 Å². The summed E-state index contributed by atoms with van der Waals surface area (Å²) in [6.45, 7) is 5.24. The van der Waals surface area contributed by atoms with Crippen LogP contribution in [0.25, 0.3) is 20.8 Å². The second-order valence-electron chi connectivity index (χ2n) is 4.77. The van der Waals surface area contributed by atoms with Crippen molar-refractivity contribution in [2.24, 2.45) is 0 Å². The molecule has 0 saturated heterocycles. The molecule has 0 amide bonds. The highest BCUT2D eigenvalue weighted by Crippen LogP contribution is 2.40. The number of halogens is 1. The molecule has 0 aliphatic heterocycles. The van der Waals surface area contributed by atoms with Crippen LogP contribution in [0.2, 0.25) is 0 Å². The van der Waals surface area contributed by atoms with Crippen LogP contribution in [0.4, 0.5) is 0 Å². The summed E-state index contributed by atoms with van der Waals surface area (Å²) in [7, 11) is 0. The number of benzene rings is 2. The number of carbonyl (C=O) groups excluding carboxylic acids is 1. The lowest BCUT2D eigenvalue weighted by atomic mass is 10.2. The van der Waals surface area contributed by atoms with Crippen LogP contribution in [-0.2, 0) is 4.79 Å². The normalized spacial score (nSPS) is 10.6. The summed E-state index contributed by atoms with van der Waals surface area (Å²) in [6, 6.07) is 13.5. The van der Waals surface area contributed by atoms with Crippen molar-refractivity contribution in [3.63, 3.8) is 0 Å². The molecule has 0 atom stereocenters. The number of nitrogens with zero attached hydrogens (tertiary/aromatic N) is 1. The minimum Gasteiger partial charge on any atom is -0.421 e. The molecule has 0 fully saturated rings. The summed E-state index contributed by atoms with van der Waals surface area (Å²) < 4.78 is 7.27. The molecule has 1 aromatic heterocycles. The number of hydrogen-bond donors (Lipinski definition) is 0. The molecule has 0 radical (unpaired) electrons. The Morgan fingerprint density at radius 2 is 2.00 bits per heavy atom. The minimum absolute atomic E-state index is 0.353. The lowest BCUT2D eigenvalue weighted by Crippen LogP contribution is -2.09. The molecule has 3 nitrogen and oxygen atoms in total. The number of ether oxygens (including phenoxy) is 1. The molecular formula is C17H12BrNO2S. The number of thiazole rings is 1. The molecule has 0 aliphatic rings. The van der Waals surface area contributed by atoms with Crippen LogP contribution in [-0.4, -0.2) is 11.0 Å². The van der Waals surface area contributed by atoms with Crippen LogP contribution in [0.15, 0.2) is 59.1 Å². The van der Waals surface area contributed by atoms with E-state index in [1.165, 1.54) is 0 Å². The van der Waals surface area contributed by atoms with Crippen LogP contribution in [0.3, 0.4) is 0 Å². The first-order valence-corrected chi connectivity index (χ1v) is 8.19. The van der Waals surface area contributed by atoms with E-state index in [1.807, 2.05) is 42.5 Å². The maximum Gasteiger partial charge on any atom is 0.338 e. The van der Waals surface area contributed by atoms with Crippen molar-refractivity contribution in [1.82, 2.24) is 4.98 Å². The Hall–Kier alpha value is -1.98. The third kappa shape index (κ3) is 2.82. The monoisotopic (exact) mass is 373 g/mol. The second kappa shape index (κ2) is 6.02. The van der Waals surface area contributed by atoms with Crippen LogP contribution in [0, 0.1) is 0 Å². The van der Waals surface area contributed by atoms with E-state index in [0.29, 0.717) is 15.8 Å². The number of aromatic nitrogens is 1. The predicted molar refractivity (Wildman–Crippen MR) is 93.2 cm³/mol. The largest absolute Gasteiger partial charge is 0.421 e. The highest BCUT2D eigenvalue weighted by Gasteiger charge is 2.17. The van der Waals surface area contributed by atoms with Crippen molar-refractivity contribution >= 4 is 43.5 Å². The molecule has 0 N–H and O–H groups in total. The highest BCUT2D eigenvalue weighted by molar-refractivity contribution is 9.10. The fourth-order valence-electron chi connectivity index (χ4n) is 1.95. The Morgan fingerprint density at radius 3 is 2.73 bits per heavy atom. The average molecular weight is 374 g/mol. The quantitative estimate of drug-likeness (QED) is 0.359. The average Bonchev–Trinajstić information content (AvgIpc) is 2.92. The Morgan fingerprint density at radius 1 is 1.23 bits per heavy atom. The first-order valence-electron chi connectivity index (χ1n) is 6.58. The molecule has 22 heavy (non-hydrogen) atoms. The van der Waals surface area contributed by atoms with E-state index in [4.69, 9.17) is 4.74 Å². The summed E-state index contributed by atoms with van der Waals surface area (Å²) in [5.41, 5.74) is 2.07. The summed E-state index contributed by atoms with van der Waals surface area (Å²) in [6.07, 6.45) is 0. The molecule has 0 aliphatic carbocycles. The van der Waals surface area contributed by atoms with Gasteiger partial charge in [0.05, 0.1) is 20.3 Å². The van der Waals surface area contributed by atoms with Crippen LogP contribution >= 0.6 is 27.3 Å². The van der Waals surface area contributed by atoms with E-state index in [9.17, 15) is 4.79 Å². The molecule has 0 bridgehead atoms. The summed E-state index contributed by atoms with van der Waals surface area (Å²) in [5, 5.41) is 0.812. The molecule has 3 rings (SSSR count). The smallest absolute Gasteiger partial charge is 0.338 e. The first kappa shape index (κ1) is 14.9. The Labute approximate surface area is 140 Å². The Balaban J connectivity index is 2.12. The van der Waals surface area contributed by atoms with Crippen molar-refractivity contribution < 1.29 is 9.53 Å². The van der Waals surface area contributed by atoms with Crippen LogP contribution in [0.1, 0.15) is 6.92 Å². The zero-order chi connectivity index (χ0) is 15.7. The maximum atomic E-state index is 11.9. The van der Waals surface area contributed by atoms with Gasteiger partial charge in [-0.1, -0.05) is 24.8 Å². The number of hydrogen-bond acceptors (Lipinski definition) is 4. The standard InChI is InChI=1S/C17H12BrNO2S/c1-10(2)17(20)21-15-11(6-5-7-12(15)18)16-19-13-8-3-4-9-14(13)22-16/h3-9H,1H2,2H3. The number of para-hydroxylation sites is 2. The van der Waals surface area contributed by atoms with E-state index in [1.54, 1.807) is 18.3 Å². The lowest BCUT2D eigenvalue weighted by Gasteiger charge is -2.10. The highest BCUT2D eigenvalue weighted by atomic mass is 79.9. The summed E-state index contributed by atoms with van der Waals surface area (Å²) in [5.74, 6) is 0.0174. The lowest BCUT2D eigenvalue weighted by molar-refractivity contribution is -0.130. The number of fused-ring (bicyclic) bond motifs is 1. The van der Waals surface area contributed by atoms with Gasteiger partial charge in [-0.15, -0.1) is 11.3 Å². The molecule has 5 heteroatoms. The zero-order valence-electron chi connectivity index (χ0n) is 11.8. The Bertz CT molecular complexity index is 852. The van der Waals surface area contributed by atoms with E-state index in [0.717, 1.165) is 20.8 Å². The first-order chi connectivity index (χ1) is 10.6. The number of carbonyl (C=O) groups is 1. The second-order valence-corrected chi connectivity index (χ2v) is 6.66. The van der Waals surface area contributed by atoms with Crippen molar-refractivity contribution in [3.05, 3.63) is 59.1 Å². The molecule has 1 heterocycles. The van der Waals surface area contributed by atoms with Gasteiger partial charge in [-0.05, 0) is 47.1 Å². The summed E-state index contributed by atoms with van der Waals surface area (Å²) >= 11 is 5.00. The van der Waals surface area contributed by atoms with Crippen molar-refractivity contribution in [3.8, 4) is 16.3 Å². The van der Waals surface area contributed by atoms with Gasteiger partial charge in [0, 0.05) is 5.57 Å². The SMILES string of the molecule is C=C(C)C(=O)Oc1c(Br)cccc1-c1nc2ccccc2s1. The topological polar surface area (TPSA) is 39.2 Å². The maximum absolute atomic E-state index is 11.9. The van der Waals surface area contributed by atoms with E-state index >= 15 is 0 Å². The van der Waals surface area contributed by atoms with Crippen molar-refractivity contribution in [1.29, 1.82) is 0 Å². The van der Waals surface area contributed by atoms with Gasteiger partial charge < -0.3 is 4.74 Å². The Kier molecular flexibility index (Phi) is 4.09. The van der Waals surface area contributed by atoms with E-state index in [-0.39, 0.29) is 0 Å². The summed E-state index contributed by atoms with van der Waals surface area (Å²) in [4.78, 5) is 16.5. The van der Waals surface area contributed by atoms with Gasteiger partial charge in [0.2, 0.25) is 0 Å². The van der Waals surface area contributed by atoms with Gasteiger partial charge in [-0.25, -0.2) is 9.78 Å². The molecular weight excluding hydrogens is 362 g/mol. The van der Waals surface area contributed by atoms with Gasteiger partial charge in [0.25, 0.3) is 0 Å². The van der Waals surface area contributed by atoms with Gasteiger partial charge in [-0.2, -0.15) is 0 Å². The molecule has 2 aromatic carbocycles. The van der Waals surface area contributed by atoms with Crippen molar-refractivity contribution in [2.45, 2.75) is 6.92 Å². The third-order valence-electron chi connectivity index (χ3n) is 3.03. The molecule has 0 unspecified atom stereocenters. The van der Waals surface area contributed by atoms with E-state index in [2.05, 4.69) is 27.5 Å². The molecule has 0 spiro atoms. The fraction of sp³-hybridized carbons (Fsp3) is 0.0588. The third-order valence-corrected chi connectivity index (χ3v) is 4.73. The van der Waals surface area contributed by atoms with Crippen molar-refractivity contribution in [2.75, 3.05) is 0 Å². The fourth-order valence-corrected chi connectivity index (χ4v) is 3.38. The minimum atomic E-state index is -0.450. The number of rotatable bonds is 3. The van der Waals surface area contributed by atoms with Crippen LogP contribution < -0.4 is 4.74 Å². The molecule has 3 aromatic rings. The number of esters is 1. The van der Waals surface area contributed by atoms with E-state index < -0.39 is 5.97 Å².